The van der Waals surface area contributed by atoms with E-state index in [1.165, 1.54) is 11.1 Å². The number of hydrogen-bond donors (Lipinski definition) is 1. The van der Waals surface area contributed by atoms with Crippen LogP contribution in [-0.2, 0) is 0 Å². The Kier molecular flexibility index (Phi) is 3.99. The maximum atomic E-state index is 13.2. The second-order valence-corrected chi connectivity index (χ2v) is 6.92. The second kappa shape index (κ2) is 6.33. The molecule has 1 amide bonds. The number of fused-ring (bicyclic) bond motifs is 1. The fraction of sp³-hybridized carbons (Fsp3) is 0.238. The van der Waals surface area contributed by atoms with E-state index >= 15 is 0 Å². The summed E-state index contributed by atoms with van der Waals surface area (Å²) in [5.74, 6) is 0.489. The molecule has 2 heterocycles. The molecular formula is C21H22N4O. The lowest BCUT2D eigenvalue weighted by Gasteiger charge is -2.18. The van der Waals surface area contributed by atoms with Crippen LogP contribution in [0.3, 0.4) is 0 Å². The molecule has 1 aromatic heterocycles. The molecule has 0 radical (unpaired) electrons. The van der Waals surface area contributed by atoms with E-state index in [0.29, 0.717) is 17.9 Å². The first-order chi connectivity index (χ1) is 12.6. The summed E-state index contributed by atoms with van der Waals surface area (Å²) in [5.41, 5.74) is 9.98. The molecule has 0 aliphatic carbocycles. The number of aromatic nitrogens is 2. The molecule has 3 aromatic rings. The van der Waals surface area contributed by atoms with Crippen LogP contribution < -0.4 is 10.6 Å². The van der Waals surface area contributed by atoms with Gasteiger partial charge >= 0.3 is 0 Å². The molecule has 132 valence electrons. The maximum absolute atomic E-state index is 13.2. The molecule has 4 rings (SSSR count). The van der Waals surface area contributed by atoms with Crippen molar-refractivity contribution in [2.24, 2.45) is 0 Å². The minimum atomic E-state index is -0.0970. The molecule has 5 nitrogen and oxygen atoms in total. The van der Waals surface area contributed by atoms with Crippen LogP contribution in [0, 0.1) is 0 Å². The van der Waals surface area contributed by atoms with Crippen LogP contribution in [0.4, 0.5) is 11.5 Å². The Morgan fingerprint density at radius 3 is 2.50 bits per heavy atom. The van der Waals surface area contributed by atoms with Gasteiger partial charge in [-0.3, -0.25) is 4.79 Å². The molecule has 0 saturated heterocycles. The minimum absolute atomic E-state index is 0.0970. The second-order valence-electron chi connectivity index (χ2n) is 6.92. The van der Waals surface area contributed by atoms with Crippen molar-refractivity contribution < 1.29 is 4.79 Å². The summed E-state index contributed by atoms with van der Waals surface area (Å²) in [5, 5.41) is 4.29. The lowest BCUT2D eigenvalue weighted by Crippen LogP contribution is -2.30. The largest absolute Gasteiger partial charge is 0.383 e. The van der Waals surface area contributed by atoms with Crippen molar-refractivity contribution in [3.63, 3.8) is 0 Å². The van der Waals surface area contributed by atoms with E-state index < -0.39 is 0 Å². The van der Waals surface area contributed by atoms with Crippen LogP contribution in [0.5, 0.6) is 0 Å². The van der Waals surface area contributed by atoms with Gasteiger partial charge in [-0.25, -0.2) is 4.68 Å². The normalized spacial score (nSPS) is 16.1. The zero-order chi connectivity index (χ0) is 18.3. The van der Waals surface area contributed by atoms with Gasteiger partial charge in [-0.05, 0) is 31.0 Å². The van der Waals surface area contributed by atoms with Gasteiger partial charge in [0.05, 0.1) is 6.20 Å². The van der Waals surface area contributed by atoms with E-state index in [1.807, 2.05) is 55.1 Å². The lowest BCUT2D eigenvalue weighted by molar-refractivity contribution is 0.0989. The lowest BCUT2D eigenvalue weighted by atomic mass is 9.93. The van der Waals surface area contributed by atoms with Crippen molar-refractivity contribution in [2.45, 2.75) is 25.8 Å². The standard InChI is InChI=1S/C21H22N4O/c1-14(2)25-20(22)17(12-23-25)21(26)24-13-18(15-8-4-3-5-9-15)16-10-6-7-11-19(16)24/h3-12,14,18H,13,22H2,1-2H3. The molecule has 0 saturated carbocycles. The first kappa shape index (κ1) is 16.4. The van der Waals surface area contributed by atoms with Crippen molar-refractivity contribution >= 4 is 17.4 Å². The molecule has 1 aliphatic heterocycles. The van der Waals surface area contributed by atoms with Gasteiger partial charge in [0.25, 0.3) is 5.91 Å². The average molecular weight is 346 g/mol. The van der Waals surface area contributed by atoms with E-state index in [0.717, 1.165) is 5.69 Å². The van der Waals surface area contributed by atoms with Crippen LogP contribution in [0.25, 0.3) is 0 Å². The fourth-order valence-electron chi connectivity index (χ4n) is 3.66. The highest BCUT2D eigenvalue weighted by molar-refractivity contribution is 6.10. The quantitative estimate of drug-likeness (QED) is 0.784. The smallest absolute Gasteiger partial charge is 0.263 e. The number of benzene rings is 2. The molecule has 2 N–H and O–H groups in total. The van der Waals surface area contributed by atoms with E-state index in [-0.39, 0.29) is 17.9 Å². The molecule has 1 aliphatic rings. The first-order valence-corrected chi connectivity index (χ1v) is 8.86. The summed E-state index contributed by atoms with van der Waals surface area (Å²) >= 11 is 0. The van der Waals surface area contributed by atoms with E-state index in [4.69, 9.17) is 5.73 Å². The van der Waals surface area contributed by atoms with Crippen LogP contribution in [0.2, 0.25) is 0 Å². The zero-order valence-electron chi connectivity index (χ0n) is 15.0. The van der Waals surface area contributed by atoms with Crippen molar-refractivity contribution in [2.75, 3.05) is 17.2 Å². The number of rotatable bonds is 3. The Bertz CT molecular complexity index is 946. The van der Waals surface area contributed by atoms with E-state index in [9.17, 15) is 4.79 Å². The summed E-state index contributed by atoms with van der Waals surface area (Å²) in [6, 6.07) is 18.5. The number of anilines is 2. The van der Waals surface area contributed by atoms with Gasteiger partial charge in [-0.15, -0.1) is 0 Å². The van der Waals surface area contributed by atoms with Crippen LogP contribution >= 0.6 is 0 Å². The number of hydrogen-bond acceptors (Lipinski definition) is 3. The summed E-state index contributed by atoms with van der Waals surface area (Å²) in [6.45, 7) is 4.59. The van der Waals surface area contributed by atoms with Gasteiger partial charge in [-0.2, -0.15) is 5.10 Å². The third kappa shape index (κ3) is 2.56. The molecule has 1 unspecified atom stereocenters. The van der Waals surface area contributed by atoms with E-state index in [2.05, 4.69) is 23.3 Å². The van der Waals surface area contributed by atoms with Crippen LogP contribution in [0.1, 0.15) is 47.3 Å². The van der Waals surface area contributed by atoms with Crippen molar-refractivity contribution in [3.8, 4) is 0 Å². The Hall–Kier alpha value is -3.08. The predicted molar refractivity (Wildman–Crippen MR) is 103 cm³/mol. The number of carbonyl (C=O) groups excluding carboxylic acids is 1. The summed E-state index contributed by atoms with van der Waals surface area (Å²) in [7, 11) is 0. The highest BCUT2D eigenvalue weighted by atomic mass is 16.2. The van der Waals surface area contributed by atoms with Gasteiger partial charge in [0.1, 0.15) is 11.4 Å². The number of amides is 1. The van der Waals surface area contributed by atoms with Crippen LogP contribution in [-0.4, -0.2) is 22.2 Å². The van der Waals surface area contributed by atoms with Gasteiger partial charge in [0.15, 0.2) is 0 Å². The number of nitrogen functional groups attached to an aromatic ring is 1. The Balaban J connectivity index is 1.73. The SMILES string of the molecule is CC(C)n1ncc(C(=O)N2CC(c3ccccc3)c3ccccc32)c1N. The van der Waals surface area contributed by atoms with Gasteiger partial charge < -0.3 is 10.6 Å². The molecule has 1 atom stereocenters. The molecule has 0 bridgehead atoms. The molecule has 0 fully saturated rings. The summed E-state index contributed by atoms with van der Waals surface area (Å²) < 4.78 is 1.68. The monoisotopic (exact) mass is 346 g/mol. The van der Waals surface area contributed by atoms with Gasteiger partial charge in [0.2, 0.25) is 0 Å². The third-order valence-corrected chi connectivity index (χ3v) is 4.97. The highest BCUT2D eigenvalue weighted by Gasteiger charge is 2.34. The maximum Gasteiger partial charge on any atom is 0.263 e. The molecule has 2 aromatic carbocycles. The topological polar surface area (TPSA) is 64.2 Å². The highest BCUT2D eigenvalue weighted by Crippen LogP contribution is 2.40. The van der Waals surface area contributed by atoms with E-state index in [1.54, 1.807) is 10.9 Å². The first-order valence-electron chi connectivity index (χ1n) is 8.86. The Labute approximate surface area is 153 Å². The van der Waals surface area contributed by atoms with Crippen molar-refractivity contribution in [1.82, 2.24) is 9.78 Å². The van der Waals surface area contributed by atoms with Crippen molar-refractivity contribution in [3.05, 3.63) is 77.5 Å². The number of nitrogens with two attached hydrogens (primary N) is 1. The van der Waals surface area contributed by atoms with Crippen LogP contribution in [0.15, 0.2) is 60.8 Å². The fourth-order valence-corrected chi connectivity index (χ4v) is 3.66. The van der Waals surface area contributed by atoms with Crippen molar-refractivity contribution in [1.29, 1.82) is 0 Å². The molecule has 5 heteroatoms. The van der Waals surface area contributed by atoms with Gasteiger partial charge in [0, 0.05) is 24.2 Å². The number of nitrogens with zero attached hydrogens (tertiary/aromatic N) is 3. The van der Waals surface area contributed by atoms with Gasteiger partial charge in [-0.1, -0.05) is 48.5 Å². The third-order valence-electron chi connectivity index (χ3n) is 4.97. The zero-order valence-corrected chi connectivity index (χ0v) is 15.0. The predicted octanol–water partition coefficient (Wildman–Crippen LogP) is 3.84. The number of carbonyl (C=O) groups is 1. The summed E-state index contributed by atoms with van der Waals surface area (Å²) in [6.07, 6.45) is 1.58. The molecule has 0 spiro atoms. The number of para-hydroxylation sites is 1. The Morgan fingerprint density at radius 1 is 1.12 bits per heavy atom. The molecule has 26 heavy (non-hydrogen) atoms. The summed E-state index contributed by atoms with van der Waals surface area (Å²) in [4.78, 5) is 15.1. The average Bonchev–Trinajstić information content (AvgIpc) is 3.23. The Morgan fingerprint density at radius 2 is 1.81 bits per heavy atom. The minimum Gasteiger partial charge on any atom is -0.383 e. The molecular weight excluding hydrogens is 324 g/mol.